The Morgan fingerprint density at radius 1 is 1.47 bits per heavy atom. The van der Waals surface area contributed by atoms with Crippen LogP contribution in [0.2, 0.25) is 0 Å². The molecule has 1 rings (SSSR count). The van der Waals surface area contributed by atoms with Crippen molar-refractivity contribution < 1.29 is 14.6 Å². The molecule has 1 fully saturated rings. The molecule has 1 aliphatic rings. The molecule has 4 heteroatoms. The quantitative estimate of drug-likeness (QED) is 0.678. The number of rotatable bonds is 8. The van der Waals surface area contributed by atoms with E-state index in [1.807, 2.05) is 13.8 Å². The summed E-state index contributed by atoms with van der Waals surface area (Å²) < 4.78 is 5.47. The van der Waals surface area contributed by atoms with Crippen LogP contribution in [0.1, 0.15) is 46.5 Å². The van der Waals surface area contributed by atoms with Gasteiger partial charge in [0.25, 0.3) is 0 Å². The number of aliphatic hydroxyl groups is 1. The van der Waals surface area contributed by atoms with Gasteiger partial charge in [-0.1, -0.05) is 13.8 Å². The molecule has 0 aromatic heterocycles. The van der Waals surface area contributed by atoms with Crippen molar-refractivity contribution in [2.24, 2.45) is 5.92 Å². The van der Waals surface area contributed by atoms with E-state index in [-0.39, 0.29) is 5.91 Å². The Morgan fingerprint density at radius 3 is 2.53 bits per heavy atom. The summed E-state index contributed by atoms with van der Waals surface area (Å²) in [4.78, 5) is 11.7. The number of amides is 1. The first-order valence-corrected chi connectivity index (χ1v) is 6.62. The molecule has 4 nitrogen and oxygen atoms in total. The fraction of sp³-hybridized carbons (Fsp3) is 0.923. The van der Waals surface area contributed by atoms with E-state index in [4.69, 9.17) is 4.74 Å². The summed E-state index contributed by atoms with van der Waals surface area (Å²) in [6.45, 7) is 6.58. The van der Waals surface area contributed by atoms with Crippen LogP contribution >= 0.6 is 0 Å². The van der Waals surface area contributed by atoms with Crippen molar-refractivity contribution in [1.29, 1.82) is 0 Å². The Kier molecular flexibility index (Phi) is 5.40. The summed E-state index contributed by atoms with van der Waals surface area (Å²) in [6, 6.07) is 0. The first kappa shape index (κ1) is 14.5. The third-order valence-electron chi connectivity index (χ3n) is 3.56. The van der Waals surface area contributed by atoms with Gasteiger partial charge in [0.05, 0.1) is 12.2 Å². The van der Waals surface area contributed by atoms with Crippen LogP contribution in [0.25, 0.3) is 0 Å². The molecule has 0 spiro atoms. The van der Waals surface area contributed by atoms with Crippen LogP contribution in [0.5, 0.6) is 0 Å². The second-order valence-electron chi connectivity index (χ2n) is 5.07. The van der Waals surface area contributed by atoms with Gasteiger partial charge in [0.1, 0.15) is 6.10 Å². The first-order chi connectivity index (χ1) is 8.00. The number of hydrogen-bond donors (Lipinski definition) is 2. The highest BCUT2D eigenvalue weighted by atomic mass is 16.5. The summed E-state index contributed by atoms with van der Waals surface area (Å²) in [7, 11) is 0. The second kappa shape index (κ2) is 6.36. The Bertz CT molecular complexity index is 247. The van der Waals surface area contributed by atoms with Crippen molar-refractivity contribution in [3.63, 3.8) is 0 Å². The van der Waals surface area contributed by atoms with Gasteiger partial charge in [-0.2, -0.15) is 0 Å². The average molecular weight is 243 g/mol. The monoisotopic (exact) mass is 243 g/mol. The zero-order chi connectivity index (χ0) is 12.9. The lowest BCUT2D eigenvalue weighted by atomic mass is 9.97. The molecule has 0 saturated heterocycles. The van der Waals surface area contributed by atoms with Gasteiger partial charge in [0.2, 0.25) is 5.91 Å². The lowest BCUT2D eigenvalue weighted by molar-refractivity contribution is -0.133. The number of ether oxygens (including phenoxy) is 1. The van der Waals surface area contributed by atoms with Crippen LogP contribution in [0.15, 0.2) is 0 Å². The minimum atomic E-state index is -0.786. The zero-order valence-electron chi connectivity index (χ0n) is 11.2. The standard InChI is InChI=1S/C13H25NO3/c1-4-13(16,5-2)9-14-12(15)10(3)17-8-11-6-7-11/h10-11,16H,4-9H2,1-3H3,(H,14,15). The second-order valence-corrected chi connectivity index (χ2v) is 5.07. The number of nitrogens with one attached hydrogen (secondary N) is 1. The highest BCUT2D eigenvalue weighted by Gasteiger charge is 2.26. The largest absolute Gasteiger partial charge is 0.388 e. The van der Waals surface area contributed by atoms with Crippen LogP contribution in [0, 0.1) is 5.92 Å². The van der Waals surface area contributed by atoms with Gasteiger partial charge in [0, 0.05) is 6.54 Å². The maximum absolute atomic E-state index is 11.7. The number of carbonyl (C=O) groups excluding carboxylic acids is 1. The third kappa shape index (κ3) is 5.04. The summed E-state index contributed by atoms with van der Waals surface area (Å²) in [5, 5.41) is 12.8. The van der Waals surface area contributed by atoms with Gasteiger partial charge in [-0.15, -0.1) is 0 Å². The van der Waals surface area contributed by atoms with Crippen molar-refractivity contribution in [1.82, 2.24) is 5.32 Å². The van der Waals surface area contributed by atoms with Gasteiger partial charge in [0.15, 0.2) is 0 Å². The third-order valence-corrected chi connectivity index (χ3v) is 3.56. The number of hydrogen-bond acceptors (Lipinski definition) is 3. The molecule has 1 aliphatic carbocycles. The van der Waals surface area contributed by atoms with Crippen LogP contribution in [0.3, 0.4) is 0 Å². The van der Waals surface area contributed by atoms with Crippen LogP contribution in [-0.4, -0.2) is 35.9 Å². The molecule has 2 N–H and O–H groups in total. The summed E-state index contributed by atoms with van der Waals surface area (Å²) in [6.07, 6.45) is 3.30. The Hall–Kier alpha value is -0.610. The van der Waals surface area contributed by atoms with E-state index in [1.54, 1.807) is 6.92 Å². The maximum atomic E-state index is 11.7. The van der Waals surface area contributed by atoms with Crippen LogP contribution in [0.4, 0.5) is 0 Å². The number of carbonyl (C=O) groups is 1. The molecule has 0 heterocycles. The molecule has 0 bridgehead atoms. The minimum Gasteiger partial charge on any atom is -0.388 e. The van der Waals surface area contributed by atoms with Crippen molar-refractivity contribution in [3.8, 4) is 0 Å². The van der Waals surface area contributed by atoms with E-state index in [2.05, 4.69) is 5.32 Å². The van der Waals surface area contributed by atoms with E-state index in [1.165, 1.54) is 12.8 Å². The molecule has 1 unspecified atom stereocenters. The molecular formula is C13H25NO3. The SMILES string of the molecule is CCC(O)(CC)CNC(=O)C(C)OCC1CC1. The van der Waals surface area contributed by atoms with Crippen LogP contribution < -0.4 is 5.32 Å². The normalized spacial score (nSPS) is 17.9. The van der Waals surface area contributed by atoms with E-state index in [0.717, 1.165) is 0 Å². The topological polar surface area (TPSA) is 58.6 Å². The molecule has 1 atom stereocenters. The smallest absolute Gasteiger partial charge is 0.248 e. The highest BCUT2D eigenvalue weighted by molar-refractivity contribution is 5.80. The van der Waals surface area contributed by atoms with Gasteiger partial charge in [-0.25, -0.2) is 0 Å². The van der Waals surface area contributed by atoms with E-state index in [9.17, 15) is 9.90 Å². The summed E-state index contributed by atoms with van der Waals surface area (Å²) in [5.74, 6) is 0.527. The maximum Gasteiger partial charge on any atom is 0.248 e. The van der Waals surface area contributed by atoms with Gasteiger partial charge >= 0.3 is 0 Å². The highest BCUT2D eigenvalue weighted by Crippen LogP contribution is 2.29. The van der Waals surface area contributed by atoms with Gasteiger partial charge < -0.3 is 15.2 Å². The summed E-state index contributed by atoms with van der Waals surface area (Å²) in [5.41, 5.74) is -0.786. The lowest BCUT2D eigenvalue weighted by Crippen LogP contribution is -2.45. The summed E-state index contributed by atoms with van der Waals surface area (Å²) >= 11 is 0. The average Bonchev–Trinajstić information content (AvgIpc) is 3.16. The van der Waals surface area contributed by atoms with Gasteiger partial charge in [-0.3, -0.25) is 4.79 Å². The zero-order valence-corrected chi connectivity index (χ0v) is 11.2. The predicted molar refractivity (Wildman–Crippen MR) is 66.7 cm³/mol. The molecule has 0 aromatic rings. The predicted octanol–water partition coefficient (Wildman–Crippen LogP) is 1.47. The minimum absolute atomic E-state index is 0.133. The Morgan fingerprint density at radius 2 is 2.06 bits per heavy atom. The first-order valence-electron chi connectivity index (χ1n) is 6.62. The Labute approximate surface area is 104 Å². The van der Waals surface area contributed by atoms with E-state index >= 15 is 0 Å². The molecule has 0 radical (unpaired) electrons. The molecule has 1 amide bonds. The molecule has 1 saturated carbocycles. The van der Waals surface area contributed by atoms with Crippen molar-refractivity contribution in [2.45, 2.75) is 58.2 Å². The molecule has 0 aromatic carbocycles. The van der Waals surface area contributed by atoms with Gasteiger partial charge in [-0.05, 0) is 38.5 Å². The molecular weight excluding hydrogens is 218 g/mol. The molecule has 100 valence electrons. The fourth-order valence-electron chi connectivity index (χ4n) is 1.54. The van der Waals surface area contributed by atoms with E-state index in [0.29, 0.717) is 31.9 Å². The van der Waals surface area contributed by atoms with Crippen LogP contribution in [-0.2, 0) is 9.53 Å². The molecule has 17 heavy (non-hydrogen) atoms. The van der Waals surface area contributed by atoms with Crippen molar-refractivity contribution in [3.05, 3.63) is 0 Å². The van der Waals surface area contributed by atoms with Crippen molar-refractivity contribution in [2.75, 3.05) is 13.2 Å². The van der Waals surface area contributed by atoms with E-state index < -0.39 is 11.7 Å². The lowest BCUT2D eigenvalue weighted by Gasteiger charge is -2.26. The van der Waals surface area contributed by atoms with Crippen molar-refractivity contribution >= 4 is 5.91 Å². The molecule has 0 aliphatic heterocycles. The fourth-order valence-corrected chi connectivity index (χ4v) is 1.54. The Balaban J connectivity index is 2.22.